The molecule has 1 aromatic carbocycles. The van der Waals surface area contributed by atoms with Crippen LogP contribution in [0.25, 0.3) is 0 Å². The van der Waals surface area contributed by atoms with Crippen molar-refractivity contribution >= 4 is 5.69 Å². The monoisotopic (exact) mass is 206 g/mol. The molecule has 0 amide bonds. The van der Waals surface area contributed by atoms with E-state index in [4.69, 9.17) is 10.7 Å². The standard InChI is InChI=1S/C12H18N2O/c1-10-4-2-5-11(8-10)14-7-3-6-12(9-14)15-13/h2,4-5,8,12H,3,6-7,9,13H2,1H3. The highest BCUT2D eigenvalue weighted by Crippen LogP contribution is 2.21. The Morgan fingerprint density at radius 1 is 1.47 bits per heavy atom. The molecule has 0 radical (unpaired) electrons. The van der Waals surface area contributed by atoms with E-state index in [1.807, 2.05) is 0 Å². The summed E-state index contributed by atoms with van der Waals surface area (Å²) in [5.74, 6) is 5.25. The summed E-state index contributed by atoms with van der Waals surface area (Å²) < 4.78 is 0. The van der Waals surface area contributed by atoms with Gasteiger partial charge >= 0.3 is 0 Å². The van der Waals surface area contributed by atoms with E-state index < -0.39 is 0 Å². The lowest BCUT2D eigenvalue weighted by molar-refractivity contribution is 0.0435. The van der Waals surface area contributed by atoms with E-state index in [0.717, 1.165) is 25.9 Å². The number of benzene rings is 1. The Bertz CT molecular complexity index is 327. The quantitative estimate of drug-likeness (QED) is 0.750. The molecule has 2 N–H and O–H groups in total. The van der Waals surface area contributed by atoms with Gasteiger partial charge in [-0.3, -0.25) is 4.84 Å². The summed E-state index contributed by atoms with van der Waals surface area (Å²) in [7, 11) is 0. The number of rotatable bonds is 2. The van der Waals surface area contributed by atoms with Crippen LogP contribution in [-0.2, 0) is 4.84 Å². The molecular formula is C12H18N2O. The molecule has 1 fully saturated rings. The molecule has 1 aromatic rings. The van der Waals surface area contributed by atoms with Crippen LogP contribution in [-0.4, -0.2) is 19.2 Å². The van der Waals surface area contributed by atoms with Gasteiger partial charge in [-0.1, -0.05) is 12.1 Å². The lowest BCUT2D eigenvalue weighted by Gasteiger charge is -2.33. The summed E-state index contributed by atoms with van der Waals surface area (Å²) in [4.78, 5) is 7.27. The van der Waals surface area contributed by atoms with Crippen LogP contribution in [0.5, 0.6) is 0 Å². The second kappa shape index (κ2) is 4.64. The molecule has 1 atom stereocenters. The predicted molar refractivity (Wildman–Crippen MR) is 61.7 cm³/mol. The third kappa shape index (κ3) is 2.49. The van der Waals surface area contributed by atoms with Crippen LogP contribution in [0, 0.1) is 6.92 Å². The molecule has 0 spiro atoms. The molecule has 0 aliphatic carbocycles. The molecule has 2 rings (SSSR count). The number of hydrogen-bond donors (Lipinski definition) is 1. The summed E-state index contributed by atoms with van der Waals surface area (Å²) in [5, 5.41) is 0. The number of aryl methyl sites for hydroxylation is 1. The minimum Gasteiger partial charge on any atom is -0.369 e. The van der Waals surface area contributed by atoms with Crippen LogP contribution in [0.1, 0.15) is 18.4 Å². The van der Waals surface area contributed by atoms with Crippen LogP contribution in [0.4, 0.5) is 5.69 Å². The first-order valence-electron chi connectivity index (χ1n) is 5.47. The van der Waals surface area contributed by atoms with Gasteiger partial charge in [-0.15, -0.1) is 0 Å². The zero-order valence-corrected chi connectivity index (χ0v) is 9.15. The molecule has 1 unspecified atom stereocenters. The van der Waals surface area contributed by atoms with E-state index in [2.05, 4.69) is 36.1 Å². The van der Waals surface area contributed by atoms with Crippen molar-refractivity contribution in [2.24, 2.45) is 5.90 Å². The molecule has 15 heavy (non-hydrogen) atoms. The van der Waals surface area contributed by atoms with Gasteiger partial charge < -0.3 is 4.90 Å². The molecule has 3 nitrogen and oxygen atoms in total. The van der Waals surface area contributed by atoms with Gasteiger partial charge in [0, 0.05) is 18.8 Å². The first-order valence-corrected chi connectivity index (χ1v) is 5.47. The van der Waals surface area contributed by atoms with Gasteiger partial charge in [0.15, 0.2) is 0 Å². The average molecular weight is 206 g/mol. The largest absolute Gasteiger partial charge is 0.369 e. The Hall–Kier alpha value is -1.06. The summed E-state index contributed by atoms with van der Waals surface area (Å²) >= 11 is 0. The zero-order valence-electron chi connectivity index (χ0n) is 9.15. The van der Waals surface area contributed by atoms with Gasteiger partial charge in [-0.2, -0.15) is 0 Å². The average Bonchev–Trinajstić information content (AvgIpc) is 2.29. The van der Waals surface area contributed by atoms with Crippen molar-refractivity contribution in [2.45, 2.75) is 25.9 Å². The molecule has 0 saturated carbocycles. The van der Waals surface area contributed by atoms with Gasteiger partial charge in [0.25, 0.3) is 0 Å². The molecule has 1 aliphatic rings. The third-order valence-electron chi connectivity index (χ3n) is 2.94. The second-order valence-electron chi connectivity index (χ2n) is 4.19. The normalized spacial score (nSPS) is 21.7. The summed E-state index contributed by atoms with van der Waals surface area (Å²) in [6.45, 7) is 4.12. The Balaban J connectivity index is 2.09. The smallest absolute Gasteiger partial charge is 0.0962 e. The summed E-state index contributed by atoms with van der Waals surface area (Å²) in [6, 6.07) is 8.56. The zero-order chi connectivity index (χ0) is 10.7. The Kier molecular flexibility index (Phi) is 3.23. The van der Waals surface area contributed by atoms with Crippen LogP contribution in [0.15, 0.2) is 24.3 Å². The van der Waals surface area contributed by atoms with Crippen LogP contribution >= 0.6 is 0 Å². The number of anilines is 1. The number of nitrogens with two attached hydrogens (primary N) is 1. The van der Waals surface area contributed by atoms with Gasteiger partial charge in [-0.25, -0.2) is 5.90 Å². The third-order valence-corrected chi connectivity index (χ3v) is 2.94. The van der Waals surface area contributed by atoms with Crippen molar-refractivity contribution in [3.8, 4) is 0 Å². The Morgan fingerprint density at radius 2 is 2.33 bits per heavy atom. The molecule has 1 heterocycles. The maximum Gasteiger partial charge on any atom is 0.0962 e. The molecule has 82 valence electrons. The van der Waals surface area contributed by atoms with Crippen LogP contribution < -0.4 is 10.8 Å². The van der Waals surface area contributed by atoms with Crippen LogP contribution in [0.3, 0.4) is 0 Å². The van der Waals surface area contributed by atoms with E-state index in [0.29, 0.717) is 0 Å². The van der Waals surface area contributed by atoms with Crippen molar-refractivity contribution in [3.63, 3.8) is 0 Å². The maximum absolute atomic E-state index is 5.25. The highest BCUT2D eigenvalue weighted by atomic mass is 16.6. The number of hydrogen-bond acceptors (Lipinski definition) is 3. The highest BCUT2D eigenvalue weighted by Gasteiger charge is 2.19. The SMILES string of the molecule is Cc1cccc(N2CCCC(ON)C2)c1. The molecule has 1 saturated heterocycles. The molecule has 1 aliphatic heterocycles. The summed E-state index contributed by atoms with van der Waals surface area (Å²) in [5.41, 5.74) is 2.57. The van der Waals surface area contributed by atoms with E-state index in [-0.39, 0.29) is 6.10 Å². The van der Waals surface area contributed by atoms with Crippen molar-refractivity contribution < 1.29 is 4.84 Å². The van der Waals surface area contributed by atoms with Crippen molar-refractivity contribution in [3.05, 3.63) is 29.8 Å². The van der Waals surface area contributed by atoms with E-state index in [9.17, 15) is 0 Å². The fourth-order valence-corrected chi connectivity index (χ4v) is 2.11. The fourth-order valence-electron chi connectivity index (χ4n) is 2.11. The van der Waals surface area contributed by atoms with Crippen molar-refractivity contribution in [2.75, 3.05) is 18.0 Å². The molecular weight excluding hydrogens is 188 g/mol. The maximum atomic E-state index is 5.25. The van der Waals surface area contributed by atoms with Gasteiger partial charge in [0.05, 0.1) is 6.10 Å². The lowest BCUT2D eigenvalue weighted by Crippen LogP contribution is -2.40. The minimum absolute atomic E-state index is 0.180. The summed E-state index contributed by atoms with van der Waals surface area (Å²) in [6.07, 6.45) is 2.40. The highest BCUT2D eigenvalue weighted by molar-refractivity contribution is 5.48. The molecule has 3 heteroatoms. The van der Waals surface area contributed by atoms with Gasteiger partial charge in [0.1, 0.15) is 0 Å². The lowest BCUT2D eigenvalue weighted by atomic mass is 10.1. The Labute approximate surface area is 90.8 Å². The van der Waals surface area contributed by atoms with Gasteiger partial charge in [0.2, 0.25) is 0 Å². The Morgan fingerprint density at radius 3 is 3.07 bits per heavy atom. The minimum atomic E-state index is 0.180. The van der Waals surface area contributed by atoms with E-state index in [1.54, 1.807) is 0 Å². The predicted octanol–water partition coefficient (Wildman–Crippen LogP) is 1.85. The number of piperidine rings is 1. The first-order chi connectivity index (χ1) is 7.29. The van der Waals surface area contributed by atoms with Crippen molar-refractivity contribution in [1.82, 2.24) is 0 Å². The first kappa shape index (κ1) is 10.5. The molecule has 0 aromatic heterocycles. The van der Waals surface area contributed by atoms with Gasteiger partial charge in [-0.05, 0) is 37.5 Å². The van der Waals surface area contributed by atoms with Crippen molar-refractivity contribution in [1.29, 1.82) is 0 Å². The van der Waals surface area contributed by atoms with E-state index >= 15 is 0 Å². The number of nitrogens with zero attached hydrogens (tertiary/aromatic N) is 1. The fraction of sp³-hybridized carbons (Fsp3) is 0.500. The molecule has 0 bridgehead atoms. The topological polar surface area (TPSA) is 38.5 Å². The van der Waals surface area contributed by atoms with Crippen LogP contribution in [0.2, 0.25) is 0 Å². The van der Waals surface area contributed by atoms with E-state index in [1.165, 1.54) is 11.3 Å². The second-order valence-corrected chi connectivity index (χ2v) is 4.19.